The second-order valence-electron chi connectivity index (χ2n) is 4.66. The maximum atomic E-state index is 12.5. The number of nitrogens with zero attached hydrogens (tertiary/aromatic N) is 4. The molecule has 0 saturated carbocycles. The molecule has 25 heavy (non-hydrogen) atoms. The molecule has 0 aliphatic rings. The minimum absolute atomic E-state index is 0.0538. The number of nitriles is 1. The van der Waals surface area contributed by atoms with Gasteiger partial charge in [-0.05, 0) is 6.07 Å². The van der Waals surface area contributed by atoms with Crippen molar-refractivity contribution in [3.8, 4) is 33.9 Å². The number of hydrogen-bond donors (Lipinski definition) is 1. The summed E-state index contributed by atoms with van der Waals surface area (Å²) < 4.78 is 29.3. The molecule has 0 aliphatic carbocycles. The van der Waals surface area contributed by atoms with Crippen LogP contribution in [-0.4, -0.2) is 21.6 Å². The number of nitrogen functional groups attached to an aromatic ring is 1. The highest BCUT2D eigenvalue weighted by Crippen LogP contribution is 2.32. The number of nitrogens with two attached hydrogens (primary N) is 1. The number of halogens is 3. The van der Waals surface area contributed by atoms with Crippen LogP contribution in [0, 0.1) is 11.3 Å². The van der Waals surface area contributed by atoms with Crippen molar-refractivity contribution in [3.05, 3.63) is 40.5 Å². The molecular weight excluding hydrogens is 372 g/mol. The fourth-order valence-electron chi connectivity index (χ4n) is 2.09. The lowest BCUT2D eigenvalue weighted by atomic mass is 10.1. The van der Waals surface area contributed by atoms with E-state index >= 15 is 0 Å². The van der Waals surface area contributed by atoms with Gasteiger partial charge in [0.25, 0.3) is 0 Å². The van der Waals surface area contributed by atoms with E-state index in [-0.39, 0.29) is 33.5 Å². The number of alkyl halides is 2. The van der Waals surface area contributed by atoms with Gasteiger partial charge in [0.2, 0.25) is 0 Å². The van der Waals surface area contributed by atoms with Crippen molar-refractivity contribution in [2.24, 2.45) is 0 Å². The molecule has 0 aliphatic heterocycles. The quantitative estimate of drug-likeness (QED) is 0.688. The highest BCUT2D eigenvalue weighted by molar-refractivity contribution is 7.13. The second kappa shape index (κ2) is 6.96. The Balaban J connectivity index is 2.19. The van der Waals surface area contributed by atoms with Crippen LogP contribution >= 0.6 is 22.9 Å². The van der Waals surface area contributed by atoms with Crippen molar-refractivity contribution >= 4 is 28.6 Å². The van der Waals surface area contributed by atoms with Gasteiger partial charge in [-0.2, -0.15) is 14.0 Å². The third kappa shape index (κ3) is 3.65. The van der Waals surface area contributed by atoms with E-state index in [1.807, 2.05) is 6.07 Å². The summed E-state index contributed by atoms with van der Waals surface area (Å²) in [6, 6.07) is 5.80. The smallest absolute Gasteiger partial charge is 0.387 e. The van der Waals surface area contributed by atoms with E-state index in [0.29, 0.717) is 10.7 Å². The average molecular weight is 380 g/mol. The normalized spacial score (nSPS) is 10.7. The Kier molecular flexibility index (Phi) is 4.74. The zero-order chi connectivity index (χ0) is 18.0. The van der Waals surface area contributed by atoms with Crippen molar-refractivity contribution in [1.82, 2.24) is 15.0 Å². The first-order valence-corrected chi connectivity index (χ1v) is 7.97. The summed E-state index contributed by atoms with van der Waals surface area (Å²) in [5.41, 5.74) is 6.78. The number of ether oxygens (including phenoxy) is 1. The lowest BCUT2D eigenvalue weighted by molar-refractivity contribution is -0.0498. The molecule has 0 amide bonds. The lowest BCUT2D eigenvalue weighted by Crippen LogP contribution is -2.04. The Hall–Kier alpha value is -2.83. The van der Waals surface area contributed by atoms with E-state index in [0.717, 1.165) is 6.07 Å². The Labute approximate surface area is 149 Å². The molecule has 3 aromatic heterocycles. The van der Waals surface area contributed by atoms with Crippen LogP contribution in [0.2, 0.25) is 5.15 Å². The van der Waals surface area contributed by atoms with Gasteiger partial charge in [-0.25, -0.2) is 15.0 Å². The number of aromatic nitrogens is 3. The van der Waals surface area contributed by atoms with Gasteiger partial charge >= 0.3 is 6.61 Å². The van der Waals surface area contributed by atoms with E-state index in [1.165, 1.54) is 23.5 Å². The molecule has 0 saturated heterocycles. The first-order valence-electron chi connectivity index (χ1n) is 6.71. The van der Waals surface area contributed by atoms with Gasteiger partial charge in [-0.1, -0.05) is 11.6 Å². The number of rotatable bonds is 4. The summed E-state index contributed by atoms with van der Waals surface area (Å²) in [6.07, 6.45) is 1.60. The molecule has 0 atom stereocenters. The number of hydrogen-bond acceptors (Lipinski definition) is 7. The van der Waals surface area contributed by atoms with Crippen LogP contribution in [0.1, 0.15) is 5.56 Å². The van der Waals surface area contributed by atoms with Crippen LogP contribution < -0.4 is 10.5 Å². The van der Waals surface area contributed by atoms with Gasteiger partial charge in [-0.15, -0.1) is 11.3 Å². The van der Waals surface area contributed by atoms with Crippen LogP contribution in [0.4, 0.5) is 14.5 Å². The standard InChI is InChI=1S/C15H8ClF2N5OS/c16-12-4-7(24-15(17)18)3-10(22-12)13-8(6-19)9(20)5-11(23-13)14-21-1-2-25-14/h1-5,15H,(H2,20,23). The van der Waals surface area contributed by atoms with Crippen molar-refractivity contribution in [2.75, 3.05) is 5.73 Å². The van der Waals surface area contributed by atoms with Crippen LogP contribution in [0.3, 0.4) is 0 Å². The van der Waals surface area contributed by atoms with E-state index < -0.39 is 6.61 Å². The molecule has 10 heteroatoms. The fourth-order valence-corrected chi connectivity index (χ4v) is 2.89. The summed E-state index contributed by atoms with van der Waals surface area (Å²) in [4.78, 5) is 12.5. The molecule has 3 aromatic rings. The average Bonchev–Trinajstić information content (AvgIpc) is 3.07. The van der Waals surface area contributed by atoms with Gasteiger partial charge in [-0.3, -0.25) is 0 Å². The first kappa shape index (κ1) is 17.0. The van der Waals surface area contributed by atoms with Gasteiger partial charge in [0.05, 0.1) is 11.4 Å². The Bertz CT molecular complexity index is 959. The molecule has 0 aromatic carbocycles. The molecular formula is C15H8ClF2N5OS. The zero-order valence-electron chi connectivity index (χ0n) is 12.3. The highest BCUT2D eigenvalue weighted by Gasteiger charge is 2.18. The molecule has 126 valence electrons. The van der Waals surface area contributed by atoms with Gasteiger partial charge in [0.15, 0.2) is 0 Å². The maximum absolute atomic E-state index is 12.5. The first-order chi connectivity index (χ1) is 12.0. The van der Waals surface area contributed by atoms with Gasteiger partial charge in [0, 0.05) is 23.7 Å². The minimum atomic E-state index is -3.03. The molecule has 0 radical (unpaired) electrons. The third-order valence-corrected chi connectivity index (χ3v) is 4.04. The Morgan fingerprint density at radius 1 is 1.24 bits per heavy atom. The molecule has 0 fully saturated rings. The van der Waals surface area contributed by atoms with Crippen molar-refractivity contribution in [3.63, 3.8) is 0 Å². The molecule has 2 N–H and O–H groups in total. The Morgan fingerprint density at radius 3 is 2.68 bits per heavy atom. The summed E-state index contributed by atoms with van der Waals surface area (Å²) in [5, 5.41) is 11.6. The lowest BCUT2D eigenvalue weighted by Gasteiger charge is -2.10. The fraction of sp³-hybridized carbons (Fsp3) is 0.0667. The van der Waals surface area contributed by atoms with E-state index in [4.69, 9.17) is 17.3 Å². The van der Waals surface area contributed by atoms with Crippen molar-refractivity contribution < 1.29 is 13.5 Å². The number of anilines is 1. The molecule has 0 unspecified atom stereocenters. The van der Waals surface area contributed by atoms with E-state index in [1.54, 1.807) is 11.6 Å². The van der Waals surface area contributed by atoms with Crippen LogP contribution in [0.15, 0.2) is 29.8 Å². The molecule has 0 spiro atoms. The van der Waals surface area contributed by atoms with Crippen LogP contribution in [0.5, 0.6) is 5.75 Å². The van der Waals surface area contributed by atoms with Crippen LogP contribution in [-0.2, 0) is 0 Å². The Morgan fingerprint density at radius 2 is 2.04 bits per heavy atom. The summed E-state index contributed by atoms with van der Waals surface area (Å²) in [7, 11) is 0. The summed E-state index contributed by atoms with van der Waals surface area (Å²) in [6.45, 7) is -3.03. The van der Waals surface area contributed by atoms with E-state index in [9.17, 15) is 14.0 Å². The minimum Gasteiger partial charge on any atom is -0.435 e. The number of thiazole rings is 1. The van der Waals surface area contributed by atoms with Gasteiger partial charge < -0.3 is 10.5 Å². The van der Waals surface area contributed by atoms with Crippen molar-refractivity contribution in [1.29, 1.82) is 5.26 Å². The topological polar surface area (TPSA) is 97.7 Å². The van der Waals surface area contributed by atoms with E-state index in [2.05, 4.69) is 19.7 Å². The molecule has 3 heterocycles. The predicted molar refractivity (Wildman–Crippen MR) is 89.3 cm³/mol. The largest absolute Gasteiger partial charge is 0.435 e. The molecule has 6 nitrogen and oxygen atoms in total. The summed E-state index contributed by atoms with van der Waals surface area (Å²) >= 11 is 7.20. The van der Waals surface area contributed by atoms with Crippen LogP contribution in [0.25, 0.3) is 22.1 Å². The SMILES string of the molecule is N#Cc1c(N)cc(-c2nccs2)nc1-c1cc(OC(F)F)cc(Cl)n1. The maximum Gasteiger partial charge on any atom is 0.387 e. The third-order valence-electron chi connectivity index (χ3n) is 3.05. The summed E-state index contributed by atoms with van der Waals surface area (Å²) in [5.74, 6) is -0.200. The predicted octanol–water partition coefficient (Wildman–Crippen LogP) is 3.98. The highest BCUT2D eigenvalue weighted by atomic mass is 35.5. The molecule has 3 rings (SSSR count). The monoisotopic (exact) mass is 379 g/mol. The van der Waals surface area contributed by atoms with Gasteiger partial charge in [0.1, 0.15) is 38.9 Å². The number of pyridine rings is 2. The second-order valence-corrected chi connectivity index (χ2v) is 5.94. The zero-order valence-corrected chi connectivity index (χ0v) is 13.9. The molecule has 0 bridgehead atoms. The van der Waals surface area contributed by atoms with Crippen molar-refractivity contribution in [2.45, 2.75) is 6.61 Å².